The Kier molecular flexibility index (Phi) is 8.80. The third-order valence-corrected chi connectivity index (χ3v) is 17.4. The van der Waals surface area contributed by atoms with E-state index in [9.17, 15) is 0 Å². The third kappa shape index (κ3) is 6.09. The van der Waals surface area contributed by atoms with E-state index in [1.165, 1.54) is 126 Å². The molecule has 0 N–H and O–H groups in total. The number of hydrogen-bond donors (Lipinski definition) is 0. The summed E-state index contributed by atoms with van der Waals surface area (Å²) in [7, 11) is 0. The fourth-order valence-corrected chi connectivity index (χ4v) is 13.8. The van der Waals surface area contributed by atoms with Gasteiger partial charge in [-0.15, -0.1) is 0 Å². The molecular weight excluding hydrogens is 759 g/mol. The zero-order valence-corrected chi connectivity index (χ0v) is 42.4. The van der Waals surface area contributed by atoms with Crippen molar-refractivity contribution in [3.05, 3.63) is 122 Å². The molecule has 63 heavy (non-hydrogen) atoms. The predicted octanol–water partition coefficient (Wildman–Crippen LogP) is 14.6. The van der Waals surface area contributed by atoms with Crippen molar-refractivity contribution in [2.24, 2.45) is 0 Å². The molecule has 3 aliphatic carbocycles. The molecule has 0 saturated carbocycles. The lowest BCUT2D eigenvalue weighted by Gasteiger charge is -2.48. The van der Waals surface area contributed by atoms with E-state index < -0.39 is 0 Å². The van der Waals surface area contributed by atoms with Crippen molar-refractivity contribution in [2.75, 3.05) is 9.80 Å². The second-order valence-electron chi connectivity index (χ2n) is 26.1. The van der Waals surface area contributed by atoms with Gasteiger partial charge >= 0.3 is 0 Å². The molecule has 2 nitrogen and oxygen atoms in total. The molecule has 5 aromatic rings. The summed E-state index contributed by atoms with van der Waals surface area (Å²) in [5.74, 6) is 0. The van der Waals surface area contributed by atoms with Crippen LogP contribution in [-0.4, -0.2) is 6.71 Å². The van der Waals surface area contributed by atoms with Crippen molar-refractivity contribution >= 4 is 57.2 Å². The highest BCUT2D eigenvalue weighted by atomic mass is 15.2. The van der Waals surface area contributed by atoms with E-state index in [1.807, 2.05) is 0 Å². The first-order valence-electron chi connectivity index (χ1n) is 24.4. The summed E-state index contributed by atoms with van der Waals surface area (Å²) in [6.45, 7) is 44.1. The topological polar surface area (TPSA) is 6.48 Å². The van der Waals surface area contributed by atoms with Gasteiger partial charge in [-0.2, -0.15) is 0 Å². The minimum atomic E-state index is 0.00155. The molecule has 0 atom stereocenters. The number of rotatable bonds is 2. The van der Waals surface area contributed by atoms with Gasteiger partial charge in [0.25, 0.3) is 6.71 Å². The first-order chi connectivity index (χ1) is 29.1. The lowest BCUT2D eigenvalue weighted by Crippen LogP contribution is -2.62. The molecule has 0 spiro atoms. The van der Waals surface area contributed by atoms with Crippen LogP contribution in [0.4, 0.5) is 34.1 Å². The van der Waals surface area contributed by atoms with Gasteiger partial charge in [-0.05, 0) is 199 Å². The van der Waals surface area contributed by atoms with E-state index in [0.717, 1.165) is 6.42 Å². The molecule has 0 fully saturated rings. The van der Waals surface area contributed by atoms with Gasteiger partial charge in [-0.1, -0.05) is 134 Å². The maximum absolute atomic E-state index is 2.75. The van der Waals surface area contributed by atoms with Crippen LogP contribution >= 0.6 is 0 Å². The third-order valence-electron chi connectivity index (χ3n) is 17.4. The molecular formula is C60H75BN2. The van der Waals surface area contributed by atoms with Crippen LogP contribution in [0.5, 0.6) is 0 Å². The smallest absolute Gasteiger partial charge is 0.252 e. The van der Waals surface area contributed by atoms with Gasteiger partial charge in [0, 0.05) is 34.1 Å². The van der Waals surface area contributed by atoms with Gasteiger partial charge < -0.3 is 9.80 Å². The number of aryl methyl sites for hydroxylation is 2. The van der Waals surface area contributed by atoms with E-state index in [0.29, 0.717) is 0 Å². The lowest BCUT2D eigenvalue weighted by molar-refractivity contribution is 0.331. The minimum Gasteiger partial charge on any atom is -0.311 e. The van der Waals surface area contributed by atoms with E-state index >= 15 is 0 Å². The maximum atomic E-state index is 2.75. The van der Waals surface area contributed by atoms with Gasteiger partial charge in [-0.25, -0.2) is 0 Å². The molecule has 0 unspecified atom stereocenters. The summed E-state index contributed by atoms with van der Waals surface area (Å²) < 4.78 is 0. The summed E-state index contributed by atoms with van der Waals surface area (Å²) in [6, 6.07) is 28.2. The summed E-state index contributed by atoms with van der Waals surface area (Å²) in [6.07, 6.45) is 5.95. The van der Waals surface area contributed by atoms with Gasteiger partial charge in [-0.3, -0.25) is 0 Å². The molecule has 2 heterocycles. The van der Waals surface area contributed by atoms with Crippen molar-refractivity contribution < 1.29 is 0 Å². The maximum Gasteiger partial charge on any atom is 0.252 e. The molecule has 0 bridgehead atoms. The molecule has 2 aliphatic heterocycles. The Hall–Kier alpha value is -4.24. The van der Waals surface area contributed by atoms with E-state index in [2.05, 4.69) is 201 Å². The van der Waals surface area contributed by atoms with Gasteiger partial charge in [0.15, 0.2) is 0 Å². The van der Waals surface area contributed by atoms with Crippen LogP contribution in [0.2, 0.25) is 0 Å². The Morgan fingerprint density at radius 2 is 0.921 bits per heavy atom. The van der Waals surface area contributed by atoms with Crippen LogP contribution in [0.3, 0.4) is 0 Å². The molecule has 328 valence electrons. The van der Waals surface area contributed by atoms with Crippen LogP contribution in [0.1, 0.15) is 192 Å². The molecule has 5 aromatic carbocycles. The van der Waals surface area contributed by atoms with Crippen LogP contribution in [0.15, 0.2) is 66.7 Å². The van der Waals surface area contributed by atoms with Crippen molar-refractivity contribution in [3.63, 3.8) is 0 Å². The number of anilines is 6. The van der Waals surface area contributed by atoms with Gasteiger partial charge in [0.05, 0.1) is 0 Å². The molecule has 0 aromatic heterocycles. The lowest BCUT2D eigenvalue weighted by atomic mass is 9.33. The van der Waals surface area contributed by atoms with E-state index in [1.54, 1.807) is 5.56 Å². The summed E-state index contributed by atoms with van der Waals surface area (Å²) in [4.78, 5) is 5.45. The standard InChI is InChI=1S/C60H75BN2/c1-35-27-50-53-51(28-35)63(48-32-42-40(29-36(48)2)55(7,8)23-25-57(42,11)12)49-33-43-41(56(9,10)24-26-58(43,13)14)31-45(49)61(53)44-30-38(54(4,5)6)19-21-47(44)62(50)46-22-20-39-52(37(46)3)60(17,18)34-59(39,15)16/h19-22,27-33H,23-26,34H2,1-18H3. The number of nitrogens with zero attached hydrogens (tertiary/aromatic N) is 2. The Morgan fingerprint density at radius 1 is 0.444 bits per heavy atom. The zero-order valence-electron chi connectivity index (χ0n) is 42.4. The summed E-state index contributed by atoms with van der Waals surface area (Å²) >= 11 is 0. The highest BCUT2D eigenvalue weighted by molar-refractivity contribution is 7.00. The van der Waals surface area contributed by atoms with Crippen LogP contribution in [0, 0.1) is 20.8 Å². The Labute approximate surface area is 382 Å². The summed E-state index contributed by atoms with van der Waals surface area (Å²) in [5.41, 5.74) is 27.6. The van der Waals surface area contributed by atoms with Gasteiger partial charge in [0.1, 0.15) is 0 Å². The largest absolute Gasteiger partial charge is 0.311 e. The normalized spacial score (nSPS) is 21.2. The number of fused-ring (bicyclic) bond motifs is 7. The van der Waals surface area contributed by atoms with Crippen molar-refractivity contribution in [2.45, 2.75) is 195 Å². The van der Waals surface area contributed by atoms with Crippen LogP contribution in [-0.2, 0) is 37.9 Å². The fourth-order valence-electron chi connectivity index (χ4n) is 13.8. The second-order valence-corrected chi connectivity index (χ2v) is 26.1. The Morgan fingerprint density at radius 3 is 1.48 bits per heavy atom. The molecule has 0 amide bonds. The number of hydrogen-bond acceptors (Lipinski definition) is 2. The minimum absolute atomic E-state index is 0.00155. The number of benzene rings is 5. The highest BCUT2D eigenvalue weighted by Crippen LogP contribution is 2.56. The first kappa shape index (κ1) is 42.7. The molecule has 5 aliphatic rings. The van der Waals surface area contributed by atoms with Crippen molar-refractivity contribution in [3.8, 4) is 0 Å². The predicted molar refractivity (Wildman–Crippen MR) is 275 cm³/mol. The Bertz CT molecular complexity index is 2800. The molecule has 10 rings (SSSR count). The fraction of sp³-hybridized carbons (Fsp3) is 0.500. The summed E-state index contributed by atoms with van der Waals surface area (Å²) in [5, 5.41) is 0. The van der Waals surface area contributed by atoms with Crippen molar-refractivity contribution in [1.82, 2.24) is 0 Å². The monoisotopic (exact) mass is 835 g/mol. The first-order valence-corrected chi connectivity index (χ1v) is 24.4. The highest BCUT2D eigenvalue weighted by Gasteiger charge is 2.49. The quantitative estimate of drug-likeness (QED) is 0.160. The van der Waals surface area contributed by atoms with Crippen molar-refractivity contribution in [1.29, 1.82) is 0 Å². The second kappa shape index (κ2) is 13.0. The zero-order chi connectivity index (χ0) is 45.5. The molecule has 0 saturated heterocycles. The SMILES string of the molecule is Cc1cc2c3c(c1)N(c1ccc4c(c1C)C(C)(C)CC4(C)C)c1ccc(C(C)(C)C)cc1B3c1cc3c(cc1N2c1cc2c(cc1C)C(C)(C)CCC2(C)C)C(C)(C)CCC3(C)C. The average molecular weight is 835 g/mol. The van der Waals surface area contributed by atoms with E-state index in [-0.39, 0.29) is 44.6 Å². The Balaban J connectivity index is 1.35. The average Bonchev–Trinajstić information content (AvgIpc) is 3.37. The van der Waals surface area contributed by atoms with E-state index in [4.69, 9.17) is 0 Å². The van der Waals surface area contributed by atoms with Crippen LogP contribution in [0.25, 0.3) is 0 Å². The van der Waals surface area contributed by atoms with Crippen LogP contribution < -0.4 is 26.2 Å². The van der Waals surface area contributed by atoms with Gasteiger partial charge in [0.2, 0.25) is 0 Å². The molecule has 0 radical (unpaired) electrons. The molecule has 3 heteroatoms.